The van der Waals surface area contributed by atoms with Crippen LogP contribution >= 0.6 is 11.6 Å². The van der Waals surface area contributed by atoms with Gasteiger partial charge in [0.15, 0.2) is 0 Å². The van der Waals surface area contributed by atoms with E-state index < -0.39 is 41.5 Å². The standard InChI is InChI=1S/C25H21ClF2N6O6/c1-39-7-6-18(23(38)31-13-3-5-17(22(29)37)30-10-13)34-11-19(35)16(9-20(34)36)15-8-12(26)2-4-14(15)24-32-33-25(40-24)21(27)28/h2-5,8-11,18,21,35H,6-7H2,1H3,(H2,29,37)(H,31,38). The number of hydrogen-bond acceptors (Lipinski definition) is 9. The molecule has 0 aliphatic carbocycles. The van der Waals surface area contributed by atoms with E-state index in [9.17, 15) is 28.3 Å². The Balaban J connectivity index is 1.72. The van der Waals surface area contributed by atoms with Gasteiger partial charge in [0.05, 0.1) is 18.1 Å². The second-order valence-corrected chi connectivity index (χ2v) is 8.77. The Kier molecular flexibility index (Phi) is 8.50. The molecule has 1 atom stereocenters. The van der Waals surface area contributed by atoms with Crippen LogP contribution in [0.2, 0.25) is 5.02 Å². The normalized spacial score (nSPS) is 11.9. The number of aromatic hydroxyl groups is 1. The fourth-order valence-corrected chi connectivity index (χ4v) is 3.99. The van der Waals surface area contributed by atoms with Crippen LogP contribution in [0.1, 0.15) is 35.3 Å². The number of amides is 2. The van der Waals surface area contributed by atoms with E-state index in [2.05, 4.69) is 20.5 Å². The summed E-state index contributed by atoms with van der Waals surface area (Å²) < 4.78 is 37.1. The van der Waals surface area contributed by atoms with E-state index in [0.717, 1.165) is 16.8 Å². The molecule has 2 amide bonds. The molecule has 12 nitrogen and oxygen atoms in total. The summed E-state index contributed by atoms with van der Waals surface area (Å²) >= 11 is 6.14. The van der Waals surface area contributed by atoms with E-state index in [4.69, 9.17) is 26.5 Å². The third kappa shape index (κ3) is 6.13. The minimum atomic E-state index is -3.00. The molecule has 4 rings (SSSR count). The number of hydrogen-bond donors (Lipinski definition) is 3. The van der Waals surface area contributed by atoms with Gasteiger partial charge in [-0.05, 0) is 35.9 Å². The van der Waals surface area contributed by atoms with Crippen LogP contribution in [0, 0.1) is 0 Å². The number of nitrogens with two attached hydrogens (primary N) is 1. The Labute approximate surface area is 229 Å². The number of halogens is 3. The number of pyridine rings is 2. The summed E-state index contributed by atoms with van der Waals surface area (Å²) in [6.07, 6.45) is -0.655. The zero-order valence-corrected chi connectivity index (χ0v) is 21.4. The van der Waals surface area contributed by atoms with Crippen LogP contribution in [-0.2, 0) is 9.53 Å². The van der Waals surface area contributed by atoms with Gasteiger partial charge < -0.3 is 25.3 Å². The average Bonchev–Trinajstić information content (AvgIpc) is 3.41. The molecule has 208 valence electrons. The average molecular weight is 575 g/mol. The van der Waals surface area contributed by atoms with E-state index in [-0.39, 0.29) is 52.0 Å². The molecule has 3 aromatic heterocycles. The largest absolute Gasteiger partial charge is 0.506 e. The van der Waals surface area contributed by atoms with Gasteiger partial charge in [-0.2, -0.15) is 8.78 Å². The van der Waals surface area contributed by atoms with Crippen LogP contribution in [0.25, 0.3) is 22.6 Å². The van der Waals surface area contributed by atoms with Gasteiger partial charge in [-0.25, -0.2) is 4.98 Å². The van der Waals surface area contributed by atoms with Crippen LogP contribution < -0.4 is 16.6 Å². The number of anilines is 1. The first-order valence-corrected chi connectivity index (χ1v) is 11.9. The summed E-state index contributed by atoms with van der Waals surface area (Å²) in [6, 6.07) is 6.92. The number of primary amides is 1. The van der Waals surface area contributed by atoms with Crippen LogP contribution in [0.4, 0.5) is 14.5 Å². The minimum absolute atomic E-state index is 0.00277. The van der Waals surface area contributed by atoms with Gasteiger partial charge in [-0.1, -0.05) is 11.6 Å². The number of methoxy groups -OCH3 is 1. The van der Waals surface area contributed by atoms with Crippen molar-refractivity contribution in [3.05, 3.63) is 75.8 Å². The summed E-state index contributed by atoms with van der Waals surface area (Å²) in [6.45, 7) is 0.0912. The van der Waals surface area contributed by atoms with E-state index in [1.807, 2.05) is 0 Å². The third-order valence-corrected chi connectivity index (χ3v) is 5.94. The highest BCUT2D eigenvalue weighted by molar-refractivity contribution is 6.31. The second kappa shape index (κ2) is 12.0. The fourth-order valence-electron chi connectivity index (χ4n) is 3.82. The van der Waals surface area contributed by atoms with E-state index in [1.54, 1.807) is 0 Å². The number of ether oxygens (including phenoxy) is 1. The first kappa shape index (κ1) is 28.3. The summed E-state index contributed by atoms with van der Waals surface area (Å²) in [5.74, 6) is -2.98. The highest BCUT2D eigenvalue weighted by Crippen LogP contribution is 2.38. The smallest absolute Gasteiger partial charge is 0.314 e. The number of benzene rings is 1. The highest BCUT2D eigenvalue weighted by Gasteiger charge is 2.25. The van der Waals surface area contributed by atoms with Crippen molar-refractivity contribution in [1.29, 1.82) is 0 Å². The molecule has 4 aromatic rings. The van der Waals surface area contributed by atoms with Crippen molar-refractivity contribution in [1.82, 2.24) is 19.7 Å². The van der Waals surface area contributed by atoms with Crippen molar-refractivity contribution in [2.75, 3.05) is 19.0 Å². The minimum Gasteiger partial charge on any atom is -0.506 e. The molecule has 1 unspecified atom stereocenters. The maximum atomic E-state index is 13.3. The summed E-state index contributed by atoms with van der Waals surface area (Å²) in [5, 5.41) is 20.7. The van der Waals surface area contributed by atoms with Crippen LogP contribution in [0.5, 0.6) is 5.75 Å². The topological polar surface area (TPSA) is 175 Å². The Morgan fingerprint density at radius 2 is 1.95 bits per heavy atom. The van der Waals surface area contributed by atoms with Crippen molar-refractivity contribution >= 4 is 29.1 Å². The van der Waals surface area contributed by atoms with Gasteiger partial charge >= 0.3 is 6.43 Å². The van der Waals surface area contributed by atoms with Crippen molar-refractivity contribution in [3.63, 3.8) is 0 Å². The van der Waals surface area contributed by atoms with Crippen molar-refractivity contribution in [2.24, 2.45) is 5.73 Å². The summed E-state index contributed by atoms with van der Waals surface area (Å²) in [7, 11) is 1.42. The van der Waals surface area contributed by atoms with Crippen LogP contribution in [-0.4, -0.2) is 50.4 Å². The molecule has 0 fully saturated rings. The molecule has 0 bridgehead atoms. The lowest BCUT2D eigenvalue weighted by molar-refractivity contribution is -0.119. The van der Waals surface area contributed by atoms with Gasteiger partial charge in [0.1, 0.15) is 17.5 Å². The Bertz CT molecular complexity index is 1610. The monoisotopic (exact) mass is 574 g/mol. The van der Waals surface area contributed by atoms with Gasteiger partial charge in [-0.15, -0.1) is 10.2 Å². The first-order chi connectivity index (χ1) is 19.1. The van der Waals surface area contributed by atoms with E-state index in [1.165, 1.54) is 43.6 Å². The Morgan fingerprint density at radius 1 is 1.18 bits per heavy atom. The highest BCUT2D eigenvalue weighted by atomic mass is 35.5. The van der Waals surface area contributed by atoms with Crippen LogP contribution in [0.3, 0.4) is 0 Å². The lowest BCUT2D eigenvalue weighted by Crippen LogP contribution is -2.33. The molecule has 15 heteroatoms. The number of nitrogens with zero attached hydrogens (tertiary/aromatic N) is 4. The first-order valence-electron chi connectivity index (χ1n) is 11.5. The molecule has 0 spiro atoms. The summed E-state index contributed by atoms with van der Waals surface area (Å²) in [5.41, 5.74) is 4.99. The summed E-state index contributed by atoms with van der Waals surface area (Å²) in [4.78, 5) is 41.5. The lowest BCUT2D eigenvalue weighted by atomic mass is 9.99. The fraction of sp³-hybridized carbons (Fsp3) is 0.200. The molecule has 0 saturated heterocycles. The second-order valence-electron chi connectivity index (χ2n) is 8.34. The zero-order chi connectivity index (χ0) is 29.0. The SMILES string of the molecule is COCCC(C(=O)Nc1ccc(C(N)=O)nc1)n1cc(O)c(-c2cc(Cl)ccc2-c2nnc(C(F)F)o2)cc1=O. The number of nitrogens with one attached hydrogen (secondary N) is 1. The number of rotatable bonds is 10. The predicted octanol–water partition coefficient (Wildman–Crippen LogP) is 3.57. The molecule has 3 heterocycles. The third-order valence-electron chi connectivity index (χ3n) is 5.71. The molecule has 0 aliphatic heterocycles. The molecular formula is C25H21ClF2N6O6. The van der Waals surface area contributed by atoms with Gasteiger partial charge in [0, 0.05) is 42.4 Å². The molecule has 4 N–H and O–H groups in total. The molecule has 0 saturated carbocycles. The lowest BCUT2D eigenvalue weighted by Gasteiger charge is -2.20. The number of aromatic nitrogens is 4. The zero-order valence-electron chi connectivity index (χ0n) is 20.7. The van der Waals surface area contributed by atoms with Crippen molar-refractivity contribution < 1.29 is 32.6 Å². The van der Waals surface area contributed by atoms with Gasteiger partial charge in [0.25, 0.3) is 17.4 Å². The Hall–Kier alpha value is -4.69. The molecule has 40 heavy (non-hydrogen) atoms. The Morgan fingerprint density at radius 3 is 2.58 bits per heavy atom. The van der Waals surface area contributed by atoms with E-state index in [0.29, 0.717) is 0 Å². The quantitative estimate of drug-likeness (QED) is 0.255. The predicted molar refractivity (Wildman–Crippen MR) is 138 cm³/mol. The maximum Gasteiger partial charge on any atom is 0.314 e. The number of carbonyl (C=O) groups is 2. The number of alkyl halides is 2. The maximum absolute atomic E-state index is 13.3. The van der Waals surface area contributed by atoms with Crippen molar-refractivity contribution in [2.45, 2.75) is 18.9 Å². The van der Waals surface area contributed by atoms with Crippen molar-refractivity contribution in [3.8, 4) is 28.3 Å². The molecule has 0 radical (unpaired) electrons. The van der Waals surface area contributed by atoms with Crippen LogP contribution in [0.15, 0.2) is 58.0 Å². The molecule has 0 aliphatic rings. The van der Waals surface area contributed by atoms with Gasteiger partial charge in [0.2, 0.25) is 11.8 Å². The molecular weight excluding hydrogens is 554 g/mol. The molecule has 1 aromatic carbocycles. The van der Waals surface area contributed by atoms with Gasteiger partial charge in [-0.3, -0.25) is 19.0 Å². The van der Waals surface area contributed by atoms with E-state index >= 15 is 0 Å². The number of carbonyl (C=O) groups excluding carboxylic acids is 2.